The van der Waals surface area contributed by atoms with E-state index in [9.17, 15) is 19.2 Å². The molecule has 10 nitrogen and oxygen atoms in total. The van der Waals surface area contributed by atoms with E-state index in [-0.39, 0.29) is 49.6 Å². The van der Waals surface area contributed by atoms with Crippen molar-refractivity contribution in [3.05, 3.63) is 0 Å². The minimum Gasteiger partial charge on any atom is -0.465 e. The van der Waals surface area contributed by atoms with Gasteiger partial charge in [0.05, 0.1) is 74.5 Å². The summed E-state index contributed by atoms with van der Waals surface area (Å²) in [6.07, 6.45) is 7.89. The van der Waals surface area contributed by atoms with Crippen LogP contribution in [0.4, 0.5) is 0 Å². The lowest BCUT2D eigenvalue weighted by molar-refractivity contribution is -0.164. The molecule has 2 aliphatic heterocycles. The molecule has 2 saturated carbocycles. The zero-order chi connectivity index (χ0) is 27.8. The van der Waals surface area contributed by atoms with Crippen molar-refractivity contribution in [1.29, 1.82) is 0 Å². The van der Waals surface area contributed by atoms with Gasteiger partial charge in [0.1, 0.15) is 0 Å². The summed E-state index contributed by atoms with van der Waals surface area (Å²) >= 11 is 0. The van der Waals surface area contributed by atoms with Crippen molar-refractivity contribution >= 4 is 23.9 Å². The first-order valence-electron chi connectivity index (χ1n) is 14.9. The fourth-order valence-corrected chi connectivity index (χ4v) is 5.77. The molecule has 2 heterocycles. The zero-order valence-corrected chi connectivity index (χ0v) is 23.3. The molecule has 2 aliphatic carbocycles. The predicted molar refractivity (Wildman–Crippen MR) is 137 cm³/mol. The van der Waals surface area contributed by atoms with Gasteiger partial charge in [0, 0.05) is 6.42 Å². The van der Waals surface area contributed by atoms with Crippen molar-refractivity contribution in [2.45, 2.75) is 109 Å². The molecule has 4 aliphatic rings. The van der Waals surface area contributed by atoms with Crippen LogP contribution in [-0.4, -0.2) is 74.7 Å². The summed E-state index contributed by atoms with van der Waals surface area (Å²) < 4.78 is 32.9. The van der Waals surface area contributed by atoms with Crippen LogP contribution in [0.5, 0.6) is 0 Å². The third kappa shape index (κ3) is 8.39. The Labute approximate surface area is 230 Å². The first-order valence-corrected chi connectivity index (χ1v) is 14.9. The number of fused-ring (bicyclic) bond motifs is 2. The van der Waals surface area contributed by atoms with E-state index in [4.69, 9.17) is 28.4 Å². The van der Waals surface area contributed by atoms with Gasteiger partial charge < -0.3 is 28.4 Å². The summed E-state index contributed by atoms with van der Waals surface area (Å²) in [5.41, 5.74) is 0. The minimum absolute atomic E-state index is 0.00413. The van der Waals surface area contributed by atoms with Gasteiger partial charge in [-0.05, 0) is 38.5 Å². The van der Waals surface area contributed by atoms with E-state index in [0.29, 0.717) is 45.3 Å². The van der Waals surface area contributed by atoms with Crippen molar-refractivity contribution in [2.24, 2.45) is 23.7 Å². The summed E-state index contributed by atoms with van der Waals surface area (Å²) in [5.74, 6) is -3.90. The van der Waals surface area contributed by atoms with Crippen molar-refractivity contribution in [1.82, 2.24) is 0 Å². The average molecular weight is 553 g/mol. The van der Waals surface area contributed by atoms with Gasteiger partial charge >= 0.3 is 23.9 Å². The molecule has 0 radical (unpaired) electrons. The molecule has 0 bridgehead atoms. The van der Waals surface area contributed by atoms with Crippen LogP contribution in [0.25, 0.3) is 0 Å². The second-order valence-electron chi connectivity index (χ2n) is 11.2. The Bertz CT molecular complexity index is 791. The number of carbonyl (C=O) groups is 4. The number of ether oxygens (including phenoxy) is 6. The third-order valence-corrected chi connectivity index (χ3v) is 8.26. The topological polar surface area (TPSA) is 130 Å². The molecule has 220 valence electrons. The average Bonchev–Trinajstić information content (AvgIpc) is 3.86. The second-order valence-corrected chi connectivity index (χ2v) is 11.2. The number of hydrogen-bond donors (Lipinski definition) is 0. The van der Waals surface area contributed by atoms with E-state index in [1.807, 2.05) is 0 Å². The molecular weight excluding hydrogens is 508 g/mol. The summed E-state index contributed by atoms with van der Waals surface area (Å²) in [7, 11) is 0. The molecule has 0 aromatic heterocycles. The van der Waals surface area contributed by atoms with E-state index in [1.54, 1.807) is 0 Å². The van der Waals surface area contributed by atoms with Gasteiger partial charge in [-0.1, -0.05) is 39.5 Å². The first-order chi connectivity index (χ1) is 18.9. The monoisotopic (exact) mass is 552 g/mol. The maximum Gasteiger partial charge on any atom is 0.309 e. The SMILES string of the molecule is CCCCCOC(=O)C1CC2OC2CC1C(=O)OCCCOC(=O)C1CC2OC2CC1C(=O)OCCCCC. The fraction of sp³-hybridized carbons (Fsp3) is 0.862. The number of carbonyl (C=O) groups excluding carboxylic acids is 4. The molecule has 0 spiro atoms. The number of epoxide rings is 2. The first kappa shape index (κ1) is 29.8. The largest absolute Gasteiger partial charge is 0.465 e. The zero-order valence-electron chi connectivity index (χ0n) is 23.3. The smallest absolute Gasteiger partial charge is 0.309 e. The number of hydrogen-bond acceptors (Lipinski definition) is 10. The van der Waals surface area contributed by atoms with Crippen LogP contribution in [0.2, 0.25) is 0 Å². The molecule has 8 atom stereocenters. The fourth-order valence-electron chi connectivity index (χ4n) is 5.77. The number of rotatable bonds is 16. The molecule has 0 N–H and O–H groups in total. The van der Waals surface area contributed by atoms with Crippen molar-refractivity contribution in [3.8, 4) is 0 Å². The van der Waals surface area contributed by atoms with Crippen LogP contribution in [-0.2, 0) is 47.6 Å². The Morgan fingerprint density at radius 3 is 1.05 bits per heavy atom. The maximum atomic E-state index is 12.8. The van der Waals surface area contributed by atoms with E-state index < -0.39 is 35.6 Å². The molecule has 0 amide bonds. The molecule has 2 saturated heterocycles. The quantitative estimate of drug-likeness (QED) is 0.121. The predicted octanol–water partition coefficient (Wildman–Crippen LogP) is 3.52. The van der Waals surface area contributed by atoms with Gasteiger partial charge in [0.2, 0.25) is 0 Å². The lowest BCUT2D eigenvalue weighted by Crippen LogP contribution is -2.38. The maximum absolute atomic E-state index is 12.8. The Balaban J connectivity index is 1.17. The van der Waals surface area contributed by atoms with Gasteiger partial charge in [-0.2, -0.15) is 0 Å². The molecule has 0 aromatic carbocycles. The van der Waals surface area contributed by atoms with E-state index in [2.05, 4.69) is 13.8 Å². The second kappa shape index (κ2) is 14.4. The Morgan fingerprint density at radius 2 is 0.769 bits per heavy atom. The minimum atomic E-state index is -0.590. The van der Waals surface area contributed by atoms with Crippen molar-refractivity contribution < 1.29 is 47.6 Å². The molecule has 8 unspecified atom stereocenters. The highest BCUT2D eigenvalue weighted by Gasteiger charge is 2.54. The normalized spacial score (nSPS) is 32.3. The summed E-state index contributed by atoms with van der Waals surface area (Å²) in [5, 5.41) is 0. The van der Waals surface area contributed by atoms with Gasteiger partial charge in [0.15, 0.2) is 0 Å². The molecular formula is C29H44O10. The standard InChI is InChI=1S/C29H44O10/c1-3-5-7-10-34-26(30)18-14-22-24(38-22)16-20(18)28(32)36-12-9-13-37-29(33)21-17-25-23(39-25)15-19(21)27(31)35-11-8-6-4-2/h18-25H,3-17H2,1-2H3. The van der Waals surface area contributed by atoms with Crippen LogP contribution < -0.4 is 0 Å². The molecule has 4 fully saturated rings. The molecule has 0 aromatic rings. The molecule has 39 heavy (non-hydrogen) atoms. The molecule has 10 heteroatoms. The van der Waals surface area contributed by atoms with Crippen molar-refractivity contribution in [3.63, 3.8) is 0 Å². The highest BCUT2D eigenvalue weighted by atomic mass is 16.6. The van der Waals surface area contributed by atoms with Crippen LogP contribution in [0.15, 0.2) is 0 Å². The van der Waals surface area contributed by atoms with Crippen LogP contribution in [0, 0.1) is 23.7 Å². The van der Waals surface area contributed by atoms with Crippen LogP contribution in [0.3, 0.4) is 0 Å². The lowest BCUT2D eigenvalue weighted by Gasteiger charge is -2.26. The number of esters is 4. The number of unbranched alkanes of at least 4 members (excludes halogenated alkanes) is 4. The third-order valence-electron chi connectivity index (χ3n) is 8.26. The van der Waals surface area contributed by atoms with Gasteiger partial charge in [-0.15, -0.1) is 0 Å². The summed E-state index contributed by atoms with van der Waals surface area (Å²) in [6.45, 7) is 5.01. The van der Waals surface area contributed by atoms with Gasteiger partial charge in [-0.3, -0.25) is 19.2 Å². The van der Waals surface area contributed by atoms with Crippen molar-refractivity contribution in [2.75, 3.05) is 26.4 Å². The highest BCUT2D eigenvalue weighted by molar-refractivity contribution is 5.83. The van der Waals surface area contributed by atoms with E-state index in [0.717, 1.165) is 38.5 Å². The summed E-state index contributed by atoms with van der Waals surface area (Å²) in [6, 6.07) is 0. The van der Waals surface area contributed by atoms with Crippen LogP contribution in [0.1, 0.15) is 84.5 Å². The lowest BCUT2D eigenvalue weighted by atomic mass is 9.79. The Kier molecular flexibility index (Phi) is 11.0. The van der Waals surface area contributed by atoms with Gasteiger partial charge in [-0.25, -0.2) is 0 Å². The summed E-state index contributed by atoms with van der Waals surface area (Å²) in [4.78, 5) is 50.9. The van der Waals surface area contributed by atoms with E-state index in [1.165, 1.54) is 0 Å². The van der Waals surface area contributed by atoms with E-state index >= 15 is 0 Å². The Hall–Kier alpha value is -2.20. The highest BCUT2D eigenvalue weighted by Crippen LogP contribution is 2.45. The Morgan fingerprint density at radius 1 is 0.487 bits per heavy atom. The van der Waals surface area contributed by atoms with Gasteiger partial charge in [0.25, 0.3) is 0 Å². The van der Waals surface area contributed by atoms with Crippen LogP contribution >= 0.6 is 0 Å². The molecule has 4 rings (SSSR count).